The average molecular weight is 1360 g/mol. The molecule has 0 N–H and O–H groups in total. The monoisotopic (exact) mass is 1360 g/mol. The predicted molar refractivity (Wildman–Crippen MR) is 454 cm³/mol. The molecule has 0 unspecified atom stereocenters. The lowest BCUT2D eigenvalue weighted by molar-refractivity contribution is 0.591. The SMILES string of the molecule is CC(C)Cc1cc2ccc3ccc(-c4c(-c5ccc6c(c5)C(C)(C)c5ccccc5-6)c(-c5ccc6c(c5)C(C)(C)c5ccccc5-6)c(-c5ccc6ccc7cc(C(C)(C)C)cc8ccc5c6c78)c(-c5ccc6c(c5)C(C)(C)c5ccccc5-6)c4-c4ccc5c(c4)C(C)(C)c4ccccc4-5)c4ccc(c1)c2c34. The molecule has 21 rings (SSSR count). The van der Waals surface area contributed by atoms with Gasteiger partial charge in [-0.2, -0.15) is 0 Å². The van der Waals surface area contributed by atoms with Crippen molar-refractivity contribution in [2.24, 2.45) is 5.92 Å². The zero-order valence-electron chi connectivity index (χ0n) is 63.2. The molecular formula is C106H86. The van der Waals surface area contributed by atoms with E-state index in [1.165, 1.54) is 232 Å². The zero-order valence-corrected chi connectivity index (χ0v) is 63.2. The first kappa shape index (κ1) is 63.3. The van der Waals surface area contributed by atoms with E-state index < -0.39 is 0 Å². The summed E-state index contributed by atoms with van der Waals surface area (Å²) in [4.78, 5) is 0. The highest BCUT2D eigenvalue weighted by atomic mass is 14.5. The van der Waals surface area contributed by atoms with Crippen molar-refractivity contribution in [1.29, 1.82) is 0 Å². The van der Waals surface area contributed by atoms with Crippen molar-refractivity contribution in [3.8, 4) is 111 Å². The normalized spacial score (nSPS) is 15.3. The Balaban J connectivity index is 1.02. The van der Waals surface area contributed by atoms with Crippen molar-refractivity contribution in [3.63, 3.8) is 0 Å². The van der Waals surface area contributed by atoms with Crippen LogP contribution in [0.3, 0.4) is 0 Å². The van der Waals surface area contributed by atoms with E-state index in [9.17, 15) is 0 Å². The van der Waals surface area contributed by atoms with E-state index in [0.29, 0.717) is 5.92 Å². The van der Waals surface area contributed by atoms with Gasteiger partial charge in [-0.25, -0.2) is 0 Å². The van der Waals surface area contributed by atoms with E-state index in [4.69, 9.17) is 0 Å². The molecule has 17 aromatic rings. The fraction of sp³-hybridized carbons (Fsp3) is 0.189. The fourth-order valence-electron chi connectivity index (χ4n) is 21.0. The summed E-state index contributed by atoms with van der Waals surface area (Å²) < 4.78 is 0. The van der Waals surface area contributed by atoms with Gasteiger partial charge >= 0.3 is 0 Å². The molecule has 0 aliphatic heterocycles. The van der Waals surface area contributed by atoms with Crippen LogP contribution < -0.4 is 0 Å². The first-order valence-corrected chi connectivity index (χ1v) is 38.7. The molecule has 0 bridgehead atoms. The number of rotatable bonds is 8. The number of hydrogen-bond acceptors (Lipinski definition) is 0. The maximum atomic E-state index is 2.65. The lowest BCUT2D eigenvalue weighted by atomic mass is 9.71. The van der Waals surface area contributed by atoms with E-state index in [1.807, 2.05) is 0 Å². The number of fused-ring (bicyclic) bond motifs is 12. The Labute approximate surface area is 623 Å². The Morgan fingerprint density at radius 1 is 0.245 bits per heavy atom. The summed E-state index contributed by atoms with van der Waals surface area (Å²) in [6, 6.07) is 107. The molecular weight excluding hydrogens is 1270 g/mol. The topological polar surface area (TPSA) is 0 Å². The summed E-state index contributed by atoms with van der Waals surface area (Å²) in [5.41, 5.74) is 37.6. The third-order valence-corrected chi connectivity index (χ3v) is 26.3. The lowest BCUT2D eigenvalue weighted by Crippen LogP contribution is -2.15. The molecule has 0 radical (unpaired) electrons. The van der Waals surface area contributed by atoms with Crippen molar-refractivity contribution >= 4 is 64.6 Å². The predicted octanol–water partition coefficient (Wildman–Crippen LogP) is 29.2. The van der Waals surface area contributed by atoms with Crippen LogP contribution in [0.2, 0.25) is 0 Å². The third-order valence-electron chi connectivity index (χ3n) is 26.3. The minimum atomic E-state index is -0.299. The minimum Gasteiger partial charge on any atom is -0.0625 e. The van der Waals surface area contributed by atoms with Crippen LogP contribution in [0.5, 0.6) is 0 Å². The van der Waals surface area contributed by atoms with E-state index in [-0.39, 0.29) is 27.1 Å². The van der Waals surface area contributed by atoms with Gasteiger partial charge in [-0.05, 0) is 274 Å². The highest BCUT2D eigenvalue weighted by Crippen LogP contribution is 2.63. The standard InChI is InChI=1S/C106H86/c1-59(2)50-60-51-63-32-30-61-34-46-82(80-48-40-64(52-60)92(63)94(61)80)100-96(67-36-42-76-72-22-14-18-26-84(72)103(6,7)88(76)55-67)98(69-38-44-78-74-24-16-20-28-86(74)105(10,11)90(78)57-69)101(83-47-35-62-31-33-65-53-71(102(3,4)5)54-66-41-49-81(83)95(62)93(65)66)99(70-39-45-79-75-25-17-21-29-87(75)106(12,13)91(79)58-70)97(100)68-37-43-77-73-23-15-19-27-85(73)104(8,9)89(77)56-68/h14-49,51-59H,50H2,1-13H3. The molecule has 17 aromatic carbocycles. The Morgan fingerprint density at radius 2 is 0.509 bits per heavy atom. The van der Waals surface area contributed by atoms with Crippen molar-refractivity contribution in [3.05, 3.63) is 323 Å². The van der Waals surface area contributed by atoms with Crippen LogP contribution in [0.15, 0.2) is 267 Å². The quantitative estimate of drug-likeness (QED) is 0.133. The maximum Gasteiger partial charge on any atom is 0.0159 e. The van der Waals surface area contributed by atoms with Gasteiger partial charge < -0.3 is 0 Å². The minimum absolute atomic E-state index is 0.0393. The molecule has 0 aromatic heterocycles. The van der Waals surface area contributed by atoms with Gasteiger partial charge in [0.2, 0.25) is 0 Å². The van der Waals surface area contributed by atoms with Gasteiger partial charge in [0.05, 0.1) is 0 Å². The van der Waals surface area contributed by atoms with Crippen LogP contribution >= 0.6 is 0 Å². The van der Waals surface area contributed by atoms with E-state index >= 15 is 0 Å². The summed E-state index contributed by atoms with van der Waals surface area (Å²) in [6.45, 7) is 31.4. The molecule has 106 heavy (non-hydrogen) atoms. The molecule has 0 nitrogen and oxygen atoms in total. The second kappa shape index (κ2) is 21.7. The van der Waals surface area contributed by atoms with Gasteiger partial charge in [-0.1, -0.05) is 333 Å². The molecule has 4 aliphatic rings. The largest absolute Gasteiger partial charge is 0.0625 e. The first-order chi connectivity index (χ1) is 51.0. The lowest BCUT2D eigenvalue weighted by Gasteiger charge is -2.32. The highest BCUT2D eigenvalue weighted by Gasteiger charge is 2.43. The van der Waals surface area contributed by atoms with Gasteiger partial charge in [0, 0.05) is 21.7 Å². The fourth-order valence-corrected chi connectivity index (χ4v) is 21.0. The molecule has 0 fully saturated rings. The highest BCUT2D eigenvalue weighted by molar-refractivity contribution is 6.30. The Kier molecular flexibility index (Phi) is 13.0. The average Bonchev–Trinajstić information content (AvgIpc) is 0.968. The van der Waals surface area contributed by atoms with E-state index in [1.54, 1.807) is 0 Å². The van der Waals surface area contributed by atoms with Crippen LogP contribution in [0, 0.1) is 5.92 Å². The van der Waals surface area contributed by atoms with Crippen LogP contribution in [-0.4, -0.2) is 0 Å². The zero-order chi connectivity index (χ0) is 72.1. The van der Waals surface area contributed by atoms with Gasteiger partial charge in [0.25, 0.3) is 0 Å². The summed E-state index contributed by atoms with van der Waals surface area (Å²) in [6.07, 6.45) is 1.03. The molecule has 0 amide bonds. The van der Waals surface area contributed by atoms with Crippen molar-refractivity contribution in [2.75, 3.05) is 0 Å². The molecule has 510 valence electrons. The van der Waals surface area contributed by atoms with Gasteiger partial charge in [0.15, 0.2) is 0 Å². The van der Waals surface area contributed by atoms with Gasteiger partial charge in [-0.3, -0.25) is 0 Å². The molecule has 0 saturated carbocycles. The Hall–Kier alpha value is -11.2. The van der Waals surface area contributed by atoms with Crippen LogP contribution in [0.25, 0.3) is 176 Å². The Morgan fingerprint density at radius 3 is 0.821 bits per heavy atom. The number of hydrogen-bond donors (Lipinski definition) is 0. The van der Waals surface area contributed by atoms with Gasteiger partial charge in [0.1, 0.15) is 0 Å². The van der Waals surface area contributed by atoms with Crippen LogP contribution in [0.4, 0.5) is 0 Å². The third kappa shape index (κ3) is 8.65. The summed E-state index contributed by atoms with van der Waals surface area (Å²) in [5.74, 6) is 0.531. The van der Waals surface area contributed by atoms with Gasteiger partial charge in [-0.15, -0.1) is 0 Å². The molecule has 0 heterocycles. The summed E-state index contributed by atoms with van der Waals surface area (Å²) in [5, 5.41) is 15.5. The molecule has 0 spiro atoms. The summed E-state index contributed by atoms with van der Waals surface area (Å²) >= 11 is 0. The Bertz CT molecular complexity index is 6200. The molecule has 4 aliphatic carbocycles. The van der Waals surface area contributed by atoms with Crippen LogP contribution in [-0.2, 0) is 33.5 Å². The van der Waals surface area contributed by atoms with Crippen molar-refractivity contribution < 1.29 is 0 Å². The smallest absolute Gasteiger partial charge is 0.0159 e. The first-order valence-electron chi connectivity index (χ1n) is 38.7. The van der Waals surface area contributed by atoms with E-state index in [0.717, 1.165) is 6.42 Å². The summed E-state index contributed by atoms with van der Waals surface area (Å²) in [7, 11) is 0. The second-order valence-corrected chi connectivity index (χ2v) is 35.3. The number of benzene rings is 17. The van der Waals surface area contributed by atoms with Crippen LogP contribution in [0.1, 0.15) is 146 Å². The van der Waals surface area contributed by atoms with Crippen molar-refractivity contribution in [1.82, 2.24) is 0 Å². The molecule has 0 heteroatoms. The maximum absolute atomic E-state index is 2.65. The van der Waals surface area contributed by atoms with Crippen molar-refractivity contribution in [2.45, 2.75) is 124 Å². The molecule has 0 atom stereocenters. The second-order valence-electron chi connectivity index (χ2n) is 35.3. The van der Waals surface area contributed by atoms with E-state index in [2.05, 4.69) is 357 Å². The molecule has 0 saturated heterocycles.